The molecule has 0 radical (unpaired) electrons. The van der Waals surface area contributed by atoms with Gasteiger partial charge in [-0.2, -0.15) is 0 Å². The van der Waals surface area contributed by atoms with Crippen molar-refractivity contribution in [3.05, 3.63) is 0 Å². The van der Waals surface area contributed by atoms with Gasteiger partial charge in [-0.05, 0) is 43.4 Å². The van der Waals surface area contributed by atoms with Crippen molar-refractivity contribution < 1.29 is 9.90 Å². The van der Waals surface area contributed by atoms with Crippen LogP contribution in [0.3, 0.4) is 0 Å². The molecule has 13 heavy (non-hydrogen) atoms. The van der Waals surface area contributed by atoms with E-state index in [0.717, 1.165) is 25.2 Å². The summed E-state index contributed by atoms with van der Waals surface area (Å²) >= 11 is 0. The number of carboxylic acid groups (broad SMARTS) is 1. The Morgan fingerprint density at radius 3 is 2.31 bits per heavy atom. The molecule has 0 aliphatic heterocycles. The van der Waals surface area contributed by atoms with Crippen molar-refractivity contribution in [1.82, 2.24) is 0 Å². The van der Waals surface area contributed by atoms with Gasteiger partial charge in [-0.3, -0.25) is 4.79 Å². The fourth-order valence-corrected chi connectivity index (χ4v) is 3.49. The van der Waals surface area contributed by atoms with Gasteiger partial charge in [-0.1, -0.05) is 13.8 Å². The Balaban J connectivity index is 2.29. The number of carbonyl (C=O) groups is 1. The summed E-state index contributed by atoms with van der Waals surface area (Å²) < 4.78 is 0. The van der Waals surface area contributed by atoms with E-state index in [1.807, 2.05) is 6.92 Å². The van der Waals surface area contributed by atoms with Crippen molar-refractivity contribution in [2.24, 2.45) is 22.7 Å². The lowest BCUT2D eigenvalue weighted by Crippen LogP contribution is -2.59. The minimum Gasteiger partial charge on any atom is -0.481 e. The van der Waals surface area contributed by atoms with Gasteiger partial charge in [0.15, 0.2) is 0 Å². The molecule has 3 aliphatic carbocycles. The van der Waals surface area contributed by atoms with Crippen LogP contribution in [0.2, 0.25) is 0 Å². The van der Waals surface area contributed by atoms with Crippen molar-refractivity contribution in [2.45, 2.75) is 40.0 Å². The van der Waals surface area contributed by atoms with Gasteiger partial charge in [-0.25, -0.2) is 0 Å². The van der Waals surface area contributed by atoms with Crippen LogP contribution in [-0.2, 0) is 4.79 Å². The van der Waals surface area contributed by atoms with Crippen molar-refractivity contribution >= 4 is 5.97 Å². The van der Waals surface area contributed by atoms with Crippen LogP contribution in [-0.4, -0.2) is 11.1 Å². The molecule has 3 rings (SSSR count). The van der Waals surface area contributed by atoms with Crippen LogP contribution in [0, 0.1) is 22.7 Å². The zero-order valence-corrected chi connectivity index (χ0v) is 8.63. The number of carboxylic acids is 1. The van der Waals surface area contributed by atoms with Crippen LogP contribution in [0.1, 0.15) is 40.0 Å². The Morgan fingerprint density at radius 2 is 2.00 bits per heavy atom. The summed E-state index contributed by atoms with van der Waals surface area (Å²) in [6, 6.07) is 0. The van der Waals surface area contributed by atoms with Crippen LogP contribution >= 0.6 is 0 Å². The first-order valence-corrected chi connectivity index (χ1v) is 5.12. The number of hydrogen-bond donors (Lipinski definition) is 1. The third kappa shape index (κ3) is 0.918. The van der Waals surface area contributed by atoms with E-state index in [9.17, 15) is 9.90 Å². The molecule has 3 saturated carbocycles. The van der Waals surface area contributed by atoms with Gasteiger partial charge in [-0.15, -0.1) is 0 Å². The molecule has 0 aromatic heterocycles. The molecular formula is C11H18O2. The van der Waals surface area contributed by atoms with Gasteiger partial charge in [0.05, 0.1) is 5.41 Å². The topological polar surface area (TPSA) is 37.3 Å². The highest BCUT2D eigenvalue weighted by Crippen LogP contribution is 2.65. The van der Waals surface area contributed by atoms with Crippen LogP contribution in [0.5, 0.6) is 0 Å². The fourth-order valence-electron chi connectivity index (χ4n) is 3.49. The average Bonchev–Trinajstić information content (AvgIpc) is 2.03. The molecule has 0 saturated heterocycles. The highest BCUT2D eigenvalue weighted by molar-refractivity contribution is 5.75. The second-order valence-electron chi connectivity index (χ2n) is 5.57. The first kappa shape index (κ1) is 9.04. The molecule has 0 heterocycles. The second-order valence-corrected chi connectivity index (χ2v) is 5.57. The minimum atomic E-state index is -0.594. The van der Waals surface area contributed by atoms with Crippen molar-refractivity contribution in [3.8, 4) is 0 Å². The second kappa shape index (κ2) is 2.28. The first-order valence-electron chi connectivity index (χ1n) is 5.12. The summed E-state index contributed by atoms with van der Waals surface area (Å²) in [6.45, 7) is 6.38. The highest BCUT2D eigenvalue weighted by Gasteiger charge is 2.61. The summed E-state index contributed by atoms with van der Waals surface area (Å²) in [5.41, 5.74) is -0.177. The SMILES string of the molecule is CC1(C(=O)O)CC[C@H]2C[C@@H]1C2(C)C. The van der Waals surface area contributed by atoms with Gasteiger partial charge >= 0.3 is 5.97 Å². The van der Waals surface area contributed by atoms with Gasteiger partial charge < -0.3 is 5.11 Å². The molecule has 0 aromatic carbocycles. The smallest absolute Gasteiger partial charge is 0.309 e. The highest BCUT2D eigenvalue weighted by atomic mass is 16.4. The summed E-state index contributed by atoms with van der Waals surface area (Å²) in [5.74, 6) is 0.588. The zero-order chi connectivity index (χ0) is 9.85. The summed E-state index contributed by atoms with van der Waals surface area (Å²) in [4.78, 5) is 11.2. The predicted octanol–water partition coefficient (Wildman–Crippen LogP) is 2.53. The van der Waals surface area contributed by atoms with Crippen molar-refractivity contribution in [2.75, 3.05) is 0 Å². The minimum absolute atomic E-state index is 0.269. The van der Waals surface area contributed by atoms with E-state index < -0.39 is 11.4 Å². The maximum absolute atomic E-state index is 11.2. The number of fused-ring (bicyclic) bond motifs is 2. The predicted molar refractivity (Wildman–Crippen MR) is 50.4 cm³/mol. The number of aliphatic carboxylic acids is 1. The van der Waals surface area contributed by atoms with Gasteiger partial charge in [0.25, 0.3) is 0 Å². The Hall–Kier alpha value is -0.530. The zero-order valence-electron chi connectivity index (χ0n) is 8.63. The molecule has 74 valence electrons. The molecule has 2 heteroatoms. The van der Waals surface area contributed by atoms with Gasteiger partial charge in [0.2, 0.25) is 0 Å². The van der Waals surface area contributed by atoms with E-state index >= 15 is 0 Å². The van der Waals surface area contributed by atoms with Crippen molar-refractivity contribution in [1.29, 1.82) is 0 Å². The van der Waals surface area contributed by atoms with Gasteiger partial charge in [0, 0.05) is 0 Å². The Morgan fingerprint density at radius 1 is 1.38 bits per heavy atom. The number of hydrogen-bond acceptors (Lipinski definition) is 1. The van der Waals surface area contributed by atoms with E-state index in [2.05, 4.69) is 13.8 Å². The van der Waals surface area contributed by atoms with Crippen molar-refractivity contribution in [3.63, 3.8) is 0 Å². The maximum Gasteiger partial charge on any atom is 0.309 e. The van der Waals surface area contributed by atoms with E-state index in [1.54, 1.807) is 0 Å². The average molecular weight is 182 g/mol. The normalized spacial score (nSPS) is 46.7. The fraction of sp³-hybridized carbons (Fsp3) is 0.909. The van der Waals surface area contributed by atoms with E-state index in [1.165, 1.54) is 0 Å². The van der Waals surface area contributed by atoms with Crippen LogP contribution in [0.4, 0.5) is 0 Å². The lowest BCUT2D eigenvalue weighted by atomic mass is 9.41. The molecule has 3 aliphatic rings. The molecule has 1 unspecified atom stereocenters. The van der Waals surface area contributed by atoms with Crippen LogP contribution in [0.15, 0.2) is 0 Å². The summed E-state index contributed by atoms with van der Waals surface area (Å²) in [6.07, 6.45) is 3.11. The molecule has 0 spiro atoms. The Labute approximate surface area is 79.3 Å². The van der Waals surface area contributed by atoms with Gasteiger partial charge in [0.1, 0.15) is 0 Å². The largest absolute Gasteiger partial charge is 0.481 e. The van der Waals surface area contributed by atoms with Crippen LogP contribution < -0.4 is 0 Å². The quantitative estimate of drug-likeness (QED) is 0.676. The molecule has 0 aromatic rings. The van der Waals surface area contributed by atoms with E-state index in [4.69, 9.17) is 0 Å². The molecule has 2 nitrogen and oxygen atoms in total. The summed E-state index contributed by atoms with van der Waals surface area (Å²) in [5, 5.41) is 9.22. The molecule has 3 atom stereocenters. The van der Waals surface area contributed by atoms with Crippen LogP contribution in [0.25, 0.3) is 0 Å². The van der Waals surface area contributed by atoms with E-state index in [0.29, 0.717) is 5.92 Å². The molecule has 1 N–H and O–H groups in total. The third-order valence-electron chi connectivity index (χ3n) is 4.74. The number of rotatable bonds is 1. The Bertz CT molecular complexity index is 255. The maximum atomic E-state index is 11.2. The molecular weight excluding hydrogens is 164 g/mol. The lowest BCUT2D eigenvalue weighted by Gasteiger charge is -2.62. The van der Waals surface area contributed by atoms with E-state index in [-0.39, 0.29) is 5.41 Å². The Kier molecular flexibility index (Phi) is 1.59. The molecule has 2 bridgehead atoms. The molecule has 3 fully saturated rings. The lowest BCUT2D eigenvalue weighted by molar-refractivity contribution is -0.187. The first-order chi connectivity index (χ1) is 5.89. The third-order valence-corrected chi connectivity index (χ3v) is 4.74. The standard InChI is InChI=1S/C11H18O2/c1-10(2)7-4-5-11(3,9(12)13)8(10)6-7/h7-8H,4-6H2,1-3H3,(H,12,13)/t7-,8+,11?/m0/s1. The monoisotopic (exact) mass is 182 g/mol. The summed E-state index contributed by atoms with van der Waals surface area (Å²) in [7, 11) is 0. The molecule has 0 amide bonds.